The molecular formula is C38H39N3O2. The van der Waals surface area contributed by atoms with Crippen molar-refractivity contribution in [1.82, 2.24) is 9.99 Å². The summed E-state index contributed by atoms with van der Waals surface area (Å²) in [5.74, 6) is 0.0163. The standard InChI is InChI=1S/C38H39N3O2/c1-37(2,3)31-23-26(24-32(35(31)42)38(4,5)6)25-39-40-36(43)29-17-19-30(20-18-29)41-33(27-13-9-7-10-14-27)21-22-34(41)28-15-11-8-12-16-28/h7-25,42H,1-6H3,(H,40,43)/b39-25-. The number of aromatic hydroxyl groups is 1. The van der Waals surface area contributed by atoms with Crippen molar-refractivity contribution in [1.29, 1.82) is 0 Å². The minimum Gasteiger partial charge on any atom is -0.507 e. The number of hydrazone groups is 1. The van der Waals surface area contributed by atoms with E-state index in [4.69, 9.17) is 0 Å². The predicted molar refractivity (Wildman–Crippen MR) is 177 cm³/mol. The number of hydrogen-bond acceptors (Lipinski definition) is 3. The van der Waals surface area contributed by atoms with Gasteiger partial charge in [-0.05, 0) is 76.1 Å². The van der Waals surface area contributed by atoms with Crippen LogP contribution in [0.4, 0.5) is 0 Å². The molecule has 0 aliphatic carbocycles. The van der Waals surface area contributed by atoms with Gasteiger partial charge in [-0.15, -0.1) is 0 Å². The van der Waals surface area contributed by atoms with Crippen molar-refractivity contribution in [2.45, 2.75) is 52.4 Å². The minimum absolute atomic E-state index is 0.251. The van der Waals surface area contributed by atoms with Crippen molar-refractivity contribution in [3.05, 3.63) is 131 Å². The Morgan fingerprint density at radius 2 is 1.16 bits per heavy atom. The molecule has 0 radical (unpaired) electrons. The van der Waals surface area contributed by atoms with Gasteiger partial charge in [-0.1, -0.05) is 102 Å². The number of aromatic nitrogens is 1. The van der Waals surface area contributed by atoms with Gasteiger partial charge >= 0.3 is 0 Å². The summed E-state index contributed by atoms with van der Waals surface area (Å²) in [6.45, 7) is 12.4. The first kappa shape index (κ1) is 29.6. The number of phenols is 1. The third-order valence-corrected chi connectivity index (χ3v) is 7.54. The van der Waals surface area contributed by atoms with Crippen LogP contribution in [0, 0.1) is 0 Å². The van der Waals surface area contributed by atoms with Gasteiger partial charge in [0, 0.05) is 22.4 Å². The quantitative estimate of drug-likeness (QED) is 0.158. The van der Waals surface area contributed by atoms with Crippen molar-refractivity contribution in [2.75, 3.05) is 0 Å². The molecule has 0 aliphatic heterocycles. The van der Waals surface area contributed by atoms with Gasteiger partial charge in [0.05, 0.1) is 17.6 Å². The number of hydrogen-bond donors (Lipinski definition) is 2. The Hall–Kier alpha value is -4.90. The van der Waals surface area contributed by atoms with Gasteiger partial charge in [0.15, 0.2) is 0 Å². The summed E-state index contributed by atoms with van der Waals surface area (Å²) in [5.41, 5.74) is 10.5. The molecule has 1 heterocycles. The second-order valence-corrected chi connectivity index (χ2v) is 12.9. The Morgan fingerprint density at radius 1 is 0.698 bits per heavy atom. The zero-order chi connectivity index (χ0) is 30.8. The normalized spacial score (nSPS) is 12.0. The molecule has 0 bridgehead atoms. The average molecular weight is 570 g/mol. The van der Waals surface area contributed by atoms with E-state index in [0.29, 0.717) is 11.3 Å². The zero-order valence-corrected chi connectivity index (χ0v) is 25.7. The summed E-state index contributed by atoms with van der Waals surface area (Å²) in [6.07, 6.45) is 1.63. The highest BCUT2D eigenvalue weighted by Crippen LogP contribution is 2.39. The van der Waals surface area contributed by atoms with Crippen molar-refractivity contribution in [3.8, 4) is 34.0 Å². The Morgan fingerprint density at radius 3 is 1.60 bits per heavy atom. The van der Waals surface area contributed by atoms with Crippen LogP contribution in [0.15, 0.2) is 114 Å². The highest BCUT2D eigenvalue weighted by Gasteiger charge is 2.26. The molecule has 5 nitrogen and oxygen atoms in total. The van der Waals surface area contributed by atoms with Gasteiger partial charge in [-0.3, -0.25) is 4.79 Å². The third kappa shape index (κ3) is 6.46. The smallest absolute Gasteiger partial charge is 0.271 e. The van der Waals surface area contributed by atoms with E-state index in [1.54, 1.807) is 6.21 Å². The van der Waals surface area contributed by atoms with E-state index in [1.807, 2.05) is 72.8 Å². The molecule has 5 aromatic rings. The molecule has 0 aliphatic rings. The molecule has 0 spiro atoms. The van der Waals surface area contributed by atoms with E-state index in [2.05, 4.69) is 93.0 Å². The second kappa shape index (κ2) is 11.8. The predicted octanol–water partition coefficient (Wildman–Crippen LogP) is 8.88. The van der Waals surface area contributed by atoms with Gasteiger partial charge in [0.1, 0.15) is 5.75 Å². The Kier molecular flexibility index (Phi) is 8.10. The molecule has 0 atom stereocenters. The Balaban J connectivity index is 1.41. The van der Waals surface area contributed by atoms with Gasteiger partial charge in [0.2, 0.25) is 0 Å². The van der Waals surface area contributed by atoms with Crippen LogP contribution in [0.25, 0.3) is 28.2 Å². The number of amides is 1. The summed E-state index contributed by atoms with van der Waals surface area (Å²) < 4.78 is 2.22. The molecule has 0 saturated carbocycles. The van der Waals surface area contributed by atoms with E-state index in [0.717, 1.165) is 44.9 Å². The monoisotopic (exact) mass is 569 g/mol. The van der Waals surface area contributed by atoms with Crippen molar-refractivity contribution < 1.29 is 9.90 Å². The number of rotatable bonds is 6. The molecule has 1 aromatic heterocycles. The van der Waals surface area contributed by atoms with E-state index in [9.17, 15) is 9.90 Å². The van der Waals surface area contributed by atoms with Gasteiger partial charge in [-0.25, -0.2) is 5.43 Å². The number of benzene rings is 4. The molecule has 5 heteroatoms. The first-order valence-electron chi connectivity index (χ1n) is 14.6. The van der Waals surface area contributed by atoms with Crippen LogP contribution in [-0.4, -0.2) is 21.8 Å². The fourth-order valence-electron chi connectivity index (χ4n) is 5.25. The number of carbonyl (C=O) groups is 1. The molecule has 0 unspecified atom stereocenters. The largest absolute Gasteiger partial charge is 0.507 e. The summed E-state index contributed by atoms with van der Waals surface area (Å²) >= 11 is 0. The van der Waals surface area contributed by atoms with Gasteiger partial charge in [-0.2, -0.15) is 5.10 Å². The zero-order valence-electron chi connectivity index (χ0n) is 25.7. The number of nitrogens with zero attached hydrogens (tertiary/aromatic N) is 2. The van der Waals surface area contributed by atoms with E-state index < -0.39 is 0 Å². The molecule has 0 fully saturated rings. The fraction of sp³-hybridized carbons (Fsp3) is 0.211. The average Bonchev–Trinajstić information content (AvgIpc) is 3.43. The van der Waals surface area contributed by atoms with E-state index >= 15 is 0 Å². The van der Waals surface area contributed by atoms with Gasteiger partial charge < -0.3 is 9.67 Å². The van der Waals surface area contributed by atoms with Crippen LogP contribution in [0.5, 0.6) is 5.75 Å². The third-order valence-electron chi connectivity index (χ3n) is 7.54. The first-order chi connectivity index (χ1) is 20.4. The molecule has 218 valence electrons. The minimum atomic E-state index is -0.298. The molecule has 2 N–H and O–H groups in total. The summed E-state index contributed by atoms with van der Waals surface area (Å²) in [7, 11) is 0. The van der Waals surface area contributed by atoms with Crippen LogP contribution in [0.1, 0.15) is 68.6 Å². The topological polar surface area (TPSA) is 66.6 Å². The Labute approximate surface area is 254 Å². The molecule has 43 heavy (non-hydrogen) atoms. The lowest BCUT2D eigenvalue weighted by molar-refractivity contribution is 0.0955. The molecule has 5 rings (SSSR count). The number of carbonyl (C=O) groups excluding carboxylic acids is 1. The van der Waals surface area contributed by atoms with E-state index in [1.165, 1.54) is 0 Å². The van der Waals surface area contributed by atoms with Crippen LogP contribution in [0.3, 0.4) is 0 Å². The number of phenolic OH excluding ortho intramolecular Hbond substituents is 1. The highest BCUT2D eigenvalue weighted by molar-refractivity contribution is 5.95. The summed E-state index contributed by atoms with van der Waals surface area (Å²) in [5, 5.41) is 15.2. The first-order valence-corrected chi connectivity index (χ1v) is 14.6. The maximum Gasteiger partial charge on any atom is 0.271 e. The lowest BCUT2D eigenvalue weighted by atomic mass is 9.78. The Bertz CT molecular complexity index is 1660. The highest BCUT2D eigenvalue weighted by atomic mass is 16.3. The molecular weight excluding hydrogens is 530 g/mol. The van der Waals surface area contributed by atoms with Crippen molar-refractivity contribution >= 4 is 12.1 Å². The second-order valence-electron chi connectivity index (χ2n) is 12.9. The lowest BCUT2D eigenvalue weighted by Crippen LogP contribution is -2.19. The summed E-state index contributed by atoms with van der Waals surface area (Å²) in [4.78, 5) is 13.0. The SMILES string of the molecule is CC(C)(C)c1cc(/C=N\NC(=O)c2ccc(-n3c(-c4ccccc4)ccc3-c3ccccc3)cc2)cc(C(C)(C)C)c1O. The lowest BCUT2D eigenvalue weighted by Gasteiger charge is -2.27. The summed E-state index contributed by atoms with van der Waals surface area (Å²) in [6, 6.07) is 36.3. The van der Waals surface area contributed by atoms with Crippen LogP contribution < -0.4 is 5.43 Å². The van der Waals surface area contributed by atoms with Crippen molar-refractivity contribution in [3.63, 3.8) is 0 Å². The van der Waals surface area contributed by atoms with Crippen LogP contribution in [0.2, 0.25) is 0 Å². The van der Waals surface area contributed by atoms with Crippen molar-refractivity contribution in [2.24, 2.45) is 5.10 Å². The van der Waals surface area contributed by atoms with Gasteiger partial charge in [0.25, 0.3) is 5.91 Å². The molecule has 4 aromatic carbocycles. The van der Waals surface area contributed by atoms with Crippen LogP contribution in [-0.2, 0) is 10.8 Å². The maximum absolute atomic E-state index is 13.0. The number of nitrogens with one attached hydrogen (secondary N) is 1. The fourth-order valence-corrected chi connectivity index (χ4v) is 5.25. The van der Waals surface area contributed by atoms with Crippen LogP contribution >= 0.6 is 0 Å². The molecule has 1 amide bonds. The molecule has 0 saturated heterocycles. The maximum atomic E-state index is 13.0. The van der Waals surface area contributed by atoms with E-state index in [-0.39, 0.29) is 16.7 Å².